The van der Waals surface area contributed by atoms with Crippen molar-refractivity contribution in [3.63, 3.8) is 0 Å². The number of ether oxygens (including phenoxy) is 1. The minimum Gasteiger partial charge on any atom is -0.491 e. The topological polar surface area (TPSA) is 54.6 Å². The Bertz CT molecular complexity index is 557. The first-order chi connectivity index (χ1) is 10.1. The van der Waals surface area contributed by atoms with E-state index in [-0.39, 0.29) is 12.6 Å². The van der Waals surface area contributed by atoms with Gasteiger partial charge >= 0.3 is 0 Å². The fourth-order valence-electron chi connectivity index (χ4n) is 1.91. The lowest BCUT2D eigenvalue weighted by atomic mass is 10.2. The predicted molar refractivity (Wildman–Crippen MR) is 82.8 cm³/mol. The molecule has 0 amide bonds. The van der Waals surface area contributed by atoms with Crippen LogP contribution in [-0.4, -0.2) is 24.4 Å². The van der Waals surface area contributed by atoms with Crippen molar-refractivity contribution >= 4 is 11.6 Å². The molecule has 2 rings (SSSR count). The fourth-order valence-corrected chi connectivity index (χ4v) is 2.03. The van der Waals surface area contributed by atoms with Crippen molar-refractivity contribution in [1.82, 2.24) is 5.32 Å². The standard InChI is InChI=1S/C16H20ClNO3/c1-11-8-14(5-6-15(11)17)21-10-13(19)9-18-12(2)16-4-3-7-20-16/h3-8,12-13,18-19H,9-10H2,1-2H3. The van der Waals surface area contributed by atoms with Gasteiger partial charge in [-0.2, -0.15) is 0 Å². The molecule has 0 spiro atoms. The van der Waals surface area contributed by atoms with Crippen molar-refractivity contribution in [2.45, 2.75) is 26.0 Å². The third-order valence-electron chi connectivity index (χ3n) is 3.20. The van der Waals surface area contributed by atoms with Gasteiger partial charge in [0, 0.05) is 11.6 Å². The van der Waals surface area contributed by atoms with E-state index in [1.165, 1.54) is 0 Å². The van der Waals surface area contributed by atoms with Gasteiger partial charge in [0.15, 0.2) is 0 Å². The number of aliphatic hydroxyl groups is 1. The van der Waals surface area contributed by atoms with E-state index in [1.807, 2.05) is 32.0 Å². The van der Waals surface area contributed by atoms with E-state index < -0.39 is 6.10 Å². The van der Waals surface area contributed by atoms with Crippen molar-refractivity contribution < 1.29 is 14.3 Å². The average Bonchev–Trinajstić information content (AvgIpc) is 3.00. The van der Waals surface area contributed by atoms with Gasteiger partial charge in [-0.05, 0) is 49.7 Å². The van der Waals surface area contributed by atoms with Crippen LogP contribution in [-0.2, 0) is 0 Å². The highest BCUT2D eigenvalue weighted by molar-refractivity contribution is 6.31. The van der Waals surface area contributed by atoms with Crippen molar-refractivity contribution in [2.75, 3.05) is 13.2 Å². The lowest BCUT2D eigenvalue weighted by Crippen LogP contribution is -2.32. The lowest BCUT2D eigenvalue weighted by molar-refractivity contribution is 0.103. The maximum atomic E-state index is 9.94. The Hall–Kier alpha value is -1.49. The summed E-state index contributed by atoms with van der Waals surface area (Å²) in [7, 11) is 0. The van der Waals surface area contributed by atoms with Gasteiger partial charge in [-0.15, -0.1) is 0 Å². The minimum absolute atomic E-state index is 0.0485. The summed E-state index contributed by atoms with van der Waals surface area (Å²) in [6.45, 7) is 4.54. The van der Waals surface area contributed by atoms with Gasteiger partial charge in [-0.25, -0.2) is 0 Å². The Morgan fingerprint density at radius 2 is 2.19 bits per heavy atom. The lowest BCUT2D eigenvalue weighted by Gasteiger charge is -2.16. The van der Waals surface area contributed by atoms with Gasteiger partial charge in [0.25, 0.3) is 0 Å². The highest BCUT2D eigenvalue weighted by Gasteiger charge is 2.11. The third-order valence-corrected chi connectivity index (χ3v) is 3.63. The summed E-state index contributed by atoms with van der Waals surface area (Å²) in [6, 6.07) is 9.23. The first kappa shape index (κ1) is 15.9. The van der Waals surface area contributed by atoms with Crippen molar-refractivity contribution in [1.29, 1.82) is 0 Å². The van der Waals surface area contributed by atoms with Gasteiger partial charge in [0.05, 0.1) is 12.3 Å². The Morgan fingerprint density at radius 3 is 2.86 bits per heavy atom. The molecule has 2 unspecified atom stereocenters. The Kier molecular flexibility index (Phi) is 5.67. The van der Waals surface area contributed by atoms with E-state index in [1.54, 1.807) is 18.4 Å². The first-order valence-electron chi connectivity index (χ1n) is 6.90. The molecule has 0 saturated carbocycles. The summed E-state index contributed by atoms with van der Waals surface area (Å²) in [6.07, 6.45) is 1.04. The van der Waals surface area contributed by atoms with Crippen molar-refractivity contribution in [3.05, 3.63) is 52.9 Å². The van der Waals surface area contributed by atoms with Crippen molar-refractivity contribution in [2.24, 2.45) is 0 Å². The summed E-state index contributed by atoms with van der Waals surface area (Å²) in [4.78, 5) is 0. The molecule has 0 saturated heterocycles. The summed E-state index contributed by atoms with van der Waals surface area (Å²) in [5, 5.41) is 13.8. The van der Waals surface area contributed by atoms with Crippen LogP contribution < -0.4 is 10.1 Å². The Balaban J connectivity index is 1.74. The molecule has 2 atom stereocenters. The molecule has 0 aliphatic rings. The Morgan fingerprint density at radius 1 is 1.38 bits per heavy atom. The van der Waals surface area contributed by atoms with Gasteiger partial charge in [-0.3, -0.25) is 0 Å². The van der Waals surface area contributed by atoms with E-state index in [4.69, 9.17) is 20.8 Å². The second-order valence-electron chi connectivity index (χ2n) is 5.02. The zero-order valence-corrected chi connectivity index (χ0v) is 12.9. The molecule has 1 aromatic heterocycles. The molecule has 21 heavy (non-hydrogen) atoms. The van der Waals surface area contributed by atoms with E-state index in [2.05, 4.69) is 5.32 Å². The number of hydrogen-bond donors (Lipinski definition) is 2. The number of aryl methyl sites for hydroxylation is 1. The van der Waals surface area contributed by atoms with Crippen LogP contribution in [0.25, 0.3) is 0 Å². The molecule has 1 heterocycles. The molecule has 0 bridgehead atoms. The second kappa shape index (κ2) is 7.50. The normalized spacial score (nSPS) is 13.9. The summed E-state index contributed by atoms with van der Waals surface area (Å²) >= 11 is 5.95. The largest absolute Gasteiger partial charge is 0.491 e. The Labute approximate surface area is 129 Å². The molecular weight excluding hydrogens is 290 g/mol. The first-order valence-corrected chi connectivity index (χ1v) is 7.28. The van der Waals surface area contributed by atoms with Gasteiger partial charge in [-0.1, -0.05) is 11.6 Å². The van der Waals surface area contributed by atoms with E-state index in [9.17, 15) is 5.11 Å². The second-order valence-corrected chi connectivity index (χ2v) is 5.43. The molecule has 2 N–H and O–H groups in total. The monoisotopic (exact) mass is 309 g/mol. The SMILES string of the molecule is Cc1cc(OCC(O)CNC(C)c2ccco2)ccc1Cl. The number of benzene rings is 1. The summed E-state index contributed by atoms with van der Waals surface area (Å²) in [5.74, 6) is 1.55. The maximum Gasteiger partial charge on any atom is 0.120 e. The molecule has 2 aromatic rings. The maximum absolute atomic E-state index is 9.94. The predicted octanol–water partition coefficient (Wildman–Crippen LogP) is 3.33. The van der Waals surface area contributed by atoms with E-state index in [0.717, 1.165) is 11.3 Å². The molecule has 1 aromatic carbocycles. The number of halogens is 1. The number of nitrogens with one attached hydrogen (secondary N) is 1. The van der Waals surface area contributed by atoms with Crippen LogP contribution >= 0.6 is 11.6 Å². The fraction of sp³-hybridized carbons (Fsp3) is 0.375. The van der Waals surface area contributed by atoms with Crippen LogP contribution in [0.15, 0.2) is 41.0 Å². The molecule has 5 heteroatoms. The zero-order chi connectivity index (χ0) is 15.2. The number of aliphatic hydroxyl groups excluding tert-OH is 1. The number of rotatable bonds is 7. The zero-order valence-electron chi connectivity index (χ0n) is 12.2. The number of furan rings is 1. The number of hydrogen-bond acceptors (Lipinski definition) is 4. The van der Waals surface area contributed by atoms with Crippen LogP contribution in [0.3, 0.4) is 0 Å². The average molecular weight is 310 g/mol. The van der Waals surface area contributed by atoms with Gasteiger partial charge in [0.1, 0.15) is 24.2 Å². The van der Waals surface area contributed by atoms with E-state index in [0.29, 0.717) is 17.3 Å². The van der Waals surface area contributed by atoms with Crippen LogP contribution in [0.5, 0.6) is 5.75 Å². The smallest absolute Gasteiger partial charge is 0.120 e. The molecule has 0 radical (unpaired) electrons. The molecule has 114 valence electrons. The van der Waals surface area contributed by atoms with Crippen LogP contribution in [0.1, 0.15) is 24.3 Å². The minimum atomic E-state index is -0.599. The van der Waals surface area contributed by atoms with Gasteiger partial charge in [0.2, 0.25) is 0 Å². The van der Waals surface area contributed by atoms with Crippen molar-refractivity contribution in [3.8, 4) is 5.75 Å². The van der Waals surface area contributed by atoms with E-state index >= 15 is 0 Å². The third kappa shape index (κ3) is 4.77. The van der Waals surface area contributed by atoms with Crippen LogP contribution in [0.2, 0.25) is 5.02 Å². The van der Waals surface area contributed by atoms with Gasteiger partial charge < -0.3 is 19.6 Å². The quantitative estimate of drug-likeness (QED) is 0.823. The molecular formula is C16H20ClNO3. The molecule has 0 fully saturated rings. The highest BCUT2D eigenvalue weighted by atomic mass is 35.5. The summed E-state index contributed by atoms with van der Waals surface area (Å²) < 4.78 is 10.8. The van der Waals surface area contributed by atoms with Crippen LogP contribution in [0.4, 0.5) is 0 Å². The highest BCUT2D eigenvalue weighted by Crippen LogP contribution is 2.21. The molecule has 4 nitrogen and oxygen atoms in total. The molecule has 0 aliphatic heterocycles. The molecule has 0 aliphatic carbocycles. The van der Waals surface area contributed by atoms with Crippen LogP contribution in [0, 0.1) is 6.92 Å². The summed E-state index contributed by atoms with van der Waals surface area (Å²) in [5.41, 5.74) is 0.952.